The molecule has 0 aliphatic carbocycles. The van der Waals surface area contributed by atoms with Crippen LogP contribution in [0.1, 0.15) is 50.0 Å². The Morgan fingerprint density at radius 1 is 1.05 bits per heavy atom. The van der Waals surface area contributed by atoms with E-state index in [2.05, 4.69) is 31.4 Å². The number of carbonyl (C=O) groups excluding carboxylic acids is 2. The van der Waals surface area contributed by atoms with Crippen LogP contribution in [0.15, 0.2) is 24.3 Å². The molecule has 0 spiro atoms. The predicted octanol–water partition coefficient (Wildman–Crippen LogP) is 2.24. The first kappa shape index (κ1) is 16.2. The summed E-state index contributed by atoms with van der Waals surface area (Å²) in [4.78, 5) is 23.2. The van der Waals surface area contributed by atoms with E-state index in [0.717, 1.165) is 0 Å². The lowest BCUT2D eigenvalue weighted by Gasteiger charge is -2.19. The molecule has 0 saturated carbocycles. The number of nitrogens with one attached hydrogen (secondary N) is 2. The Morgan fingerprint density at radius 3 is 2.15 bits per heavy atom. The minimum atomic E-state index is -0.144. The van der Waals surface area contributed by atoms with Crippen molar-refractivity contribution in [3.63, 3.8) is 0 Å². The lowest BCUT2D eigenvalue weighted by Crippen LogP contribution is -2.30. The Labute approximate surface area is 121 Å². The summed E-state index contributed by atoms with van der Waals surface area (Å²) in [6.45, 7) is 9.23. The van der Waals surface area contributed by atoms with Crippen LogP contribution in [0.4, 0.5) is 0 Å². The lowest BCUT2D eigenvalue weighted by molar-refractivity contribution is -0.120. The van der Waals surface area contributed by atoms with E-state index < -0.39 is 0 Å². The zero-order valence-electron chi connectivity index (χ0n) is 12.7. The summed E-state index contributed by atoms with van der Waals surface area (Å²) in [5.41, 5.74) is 1.89. The third-order valence-electron chi connectivity index (χ3n) is 3.02. The summed E-state index contributed by atoms with van der Waals surface area (Å²) in [5, 5.41) is 5.44. The molecule has 4 heteroatoms. The van der Waals surface area contributed by atoms with Gasteiger partial charge in [0.2, 0.25) is 5.91 Å². The standard InChI is InChI=1S/C16H24N2O2/c1-5-17-14(19)10-11-18-15(20)12-6-8-13(9-7-12)16(2,3)4/h6-9H,5,10-11H2,1-4H3,(H,17,19)(H,18,20). The second-order valence-corrected chi connectivity index (χ2v) is 5.79. The molecule has 2 amide bonds. The molecule has 0 bridgehead atoms. The number of carbonyl (C=O) groups is 2. The van der Waals surface area contributed by atoms with E-state index in [9.17, 15) is 9.59 Å². The predicted molar refractivity (Wildman–Crippen MR) is 80.8 cm³/mol. The molecule has 4 nitrogen and oxygen atoms in total. The van der Waals surface area contributed by atoms with E-state index in [1.54, 1.807) is 0 Å². The van der Waals surface area contributed by atoms with Gasteiger partial charge in [0.1, 0.15) is 0 Å². The van der Waals surface area contributed by atoms with Gasteiger partial charge >= 0.3 is 0 Å². The Kier molecular flexibility index (Phi) is 5.74. The SMILES string of the molecule is CCNC(=O)CCNC(=O)c1ccc(C(C)(C)C)cc1. The van der Waals surface area contributed by atoms with Crippen molar-refractivity contribution in [2.24, 2.45) is 0 Å². The molecule has 0 unspecified atom stereocenters. The quantitative estimate of drug-likeness (QED) is 0.866. The molecule has 1 rings (SSSR count). The Hall–Kier alpha value is -1.84. The normalized spacial score (nSPS) is 11.0. The summed E-state index contributed by atoms with van der Waals surface area (Å²) < 4.78 is 0. The monoisotopic (exact) mass is 276 g/mol. The van der Waals surface area contributed by atoms with Gasteiger partial charge in [-0.05, 0) is 30.0 Å². The Morgan fingerprint density at radius 2 is 1.65 bits per heavy atom. The van der Waals surface area contributed by atoms with Crippen LogP contribution < -0.4 is 10.6 Å². The van der Waals surface area contributed by atoms with Gasteiger partial charge in [-0.15, -0.1) is 0 Å². The summed E-state index contributed by atoms with van der Waals surface area (Å²) >= 11 is 0. The number of rotatable bonds is 5. The molecular weight excluding hydrogens is 252 g/mol. The molecule has 0 saturated heterocycles. The average Bonchev–Trinajstić information content (AvgIpc) is 2.38. The van der Waals surface area contributed by atoms with Gasteiger partial charge in [-0.1, -0.05) is 32.9 Å². The third-order valence-corrected chi connectivity index (χ3v) is 3.02. The first-order valence-electron chi connectivity index (χ1n) is 7.00. The fourth-order valence-corrected chi connectivity index (χ4v) is 1.80. The van der Waals surface area contributed by atoms with E-state index in [4.69, 9.17) is 0 Å². The van der Waals surface area contributed by atoms with Crippen LogP contribution in [-0.2, 0) is 10.2 Å². The van der Waals surface area contributed by atoms with Crippen molar-refractivity contribution in [3.8, 4) is 0 Å². The van der Waals surface area contributed by atoms with Crippen molar-refractivity contribution in [1.29, 1.82) is 0 Å². The van der Waals surface area contributed by atoms with E-state index in [1.165, 1.54) is 5.56 Å². The van der Waals surface area contributed by atoms with Gasteiger partial charge < -0.3 is 10.6 Å². The molecule has 2 N–H and O–H groups in total. The molecule has 0 radical (unpaired) electrons. The summed E-state index contributed by atoms with van der Waals surface area (Å²) in [6.07, 6.45) is 0.305. The lowest BCUT2D eigenvalue weighted by atomic mass is 9.87. The number of amides is 2. The van der Waals surface area contributed by atoms with Gasteiger partial charge in [0.25, 0.3) is 5.91 Å². The molecule has 0 aliphatic heterocycles. The van der Waals surface area contributed by atoms with Gasteiger partial charge in [0.05, 0.1) is 0 Å². The van der Waals surface area contributed by atoms with Crippen molar-refractivity contribution in [3.05, 3.63) is 35.4 Å². The van der Waals surface area contributed by atoms with Crippen LogP contribution in [0.3, 0.4) is 0 Å². The Balaban J connectivity index is 2.50. The summed E-state index contributed by atoms with van der Waals surface area (Å²) in [5.74, 6) is -0.189. The minimum Gasteiger partial charge on any atom is -0.356 e. The van der Waals surface area contributed by atoms with Crippen molar-refractivity contribution in [2.75, 3.05) is 13.1 Å². The highest BCUT2D eigenvalue weighted by atomic mass is 16.2. The second-order valence-electron chi connectivity index (χ2n) is 5.79. The zero-order valence-corrected chi connectivity index (χ0v) is 12.7. The summed E-state index contributed by atoms with van der Waals surface area (Å²) in [7, 11) is 0. The highest BCUT2D eigenvalue weighted by Crippen LogP contribution is 2.22. The number of benzene rings is 1. The van der Waals surface area contributed by atoms with Gasteiger partial charge in [-0.25, -0.2) is 0 Å². The molecule has 1 aromatic rings. The highest BCUT2D eigenvalue weighted by Gasteiger charge is 2.14. The fraction of sp³-hybridized carbons (Fsp3) is 0.500. The zero-order chi connectivity index (χ0) is 15.2. The van der Waals surface area contributed by atoms with E-state index in [0.29, 0.717) is 25.1 Å². The fourth-order valence-electron chi connectivity index (χ4n) is 1.80. The van der Waals surface area contributed by atoms with Crippen LogP contribution in [0.2, 0.25) is 0 Å². The van der Waals surface area contributed by atoms with Crippen molar-refractivity contribution in [2.45, 2.75) is 39.5 Å². The van der Waals surface area contributed by atoms with Crippen LogP contribution in [0, 0.1) is 0 Å². The topological polar surface area (TPSA) is 58.2 Å². The minimum absolute atomic E-state index is 0.0455. The van der Waals surface area contributed by atoms with Crippen molar-refractivity contribution in [1.82, 2.24) is 10.6 Å². The molecular formula is C16H24N2O2. The van der Waals surface area contributed by atoms with Gasteiger partial charge in [-0.3, -0.25) is 9.59 Å². The van der Waals surface area contributed by atoms with E-state index >= 15 is 0 Å². The van der Waals surface area contributed by atoms with Gasteiger partial charge in [0.15, 0.2) is 0 Å². The molecule has 110 valence electrons. The third kappa shape index (κ3) is 5.03. The van der Waals surface area contributed by atoms with Crippen LogP contribution >= 0.6 is 0 Å². The summed E-state index contributed by atoms with van der Waals surface area (Å²) in [6, 6.07) is 7.58. The smallest absolute Gasteiger partial charge is 0.251 e. The first-order chi connectivity index (χ1) is 9.34. The van der Waals surface area contributed by atoms with E-state index in [-0.39, 0.29) is 17.2 Å². The molecule has 0 heterocycles. The van der Waals surface area contributed by atoms with Crippen molar-refractivity contribution < 1.29 is 9.59 Å². The molecule has 0 aliphatic rings. The molecule has 20 heavy (non-hydrogen) atoms. The van der Waals surface area contributed by atoms with Gasteiger partial charge in [0, 0.05) is 25.1 Å². The van der Waals surface area contributed by atoms with Gasteiger partial charge in [-0.2, -0.15) is 0 Å². The van der Waals surface area contributed by atoms with E-state index in [1.807, 2.05) is 31.2 Å². The second kappa shape index (κ2) is 7.08. The molecule has 0 atom stereocenters. The maximum Gasteiger partial charge on any atom is 0.251 e. The molecule has 1 aromatic carbocycles. The molecule has 0 aromatic heterocycles. The maximum absolute atomic E-state index is 11.9. The van der Waals surface area contributed by atoms with Crippen LogP contribution in [-0.4, -0.2) is 24.9 Å². The number of hydrogen-bond donors (Lipinski definition) is 2. The Bertz CT molecular complexity index is 458. The first-order valence-corrected chi connectivity index (χ1v) is 7.00. The van der Waals surface area contributed by atoms with Crippen molar-refractivity contribution >= 4 is 11.8 Å². The largest absolute Gasteiger partial charge is 0.356 e. The average molecular weight is 276 g/mol. The van der Waals surface area contributed by atoms with Crippen LogP contribution in [0.5, 0.6) is 0 Å². The number of hydrogen-bond acceptors (Lipinski definition) is 2. The maximum atomic E-state index is 11.9. The highest BCUT2D eigenvalue weighted by molar-refractivity contribution is 5.94. The van der Waals surface area contributed by atoms with Crippen LogP contribution in [0.25, 0.3) is 0 Å². The molecule has 0 fully saturated rings.